The summed E-state index contributed by atoms with van der Waals surface area (Å²) in [6.07, 6.45) is 1.74. The lowest BCUT2D eigenvalue weighted by Gasteiger charge is -2.27. The van der Waals surface area contributed by atoms with Gasteiger partial charge in [0.15, 0.2) is 4.80 Å². The Morgan fingerprint density at radius 2 is 1.75 bits per heavy atom. The fraction of sp³-hybridized carbons (Fsp3) is 0.171. The van der Waals surface area contributed by atoms with Gasteiger partial charge in [-0.05, 0) is 48.9 Å². The van der Waals surface area contributed by atoms with Gasteiger partial charge in [0.25, 0.3) is 5.56 Å². The summed E-state index contributed by atoms with van der Waals surface area (Å²) in [5.41, 5.74) is 2.15. The molecule has 5 aromatic rings. The van der Waals surface area contributed by atoms with E-state index in [1.807, 2.05) is 54.6 Å². The Balaban J connectivity index is 1.53. The average Bonchev–Trinajstić information content (AvgIpc) is 3.33. The Morgan fingerprint density at radius 1 is 1.00 bits per heavy atom. The standard InChI is InChI=1S/C35H29FN2O5S/c1-4-42-34(40)30-21(2)37-35-38(32(30)31-25-14-8-5-11-22(25)17-18-28(31)41-3)33(39)29(44-35)19-23-12-7-10-16-27(23)43-20-24-13-6-9-15-26(24)36/h5-19,32H,4,20H2,1-3H3/t32-/m0/s1. The Morgan fingerprint density at radius 3 is 2.55 bits per heavy atom. The number of benzene rings is 4. The van der Waals surface area contributed by atoms with Crippen LogP contribution in [0.25, 0.3) is 16.8 Å². The normalized spacial score (nSPS) is 14.7. The second kappa shape index (κ2) is 12.3. The van der Waals surface area contributed by atoms with Crippen molar-refractivity contribution in [2.24, 2.45) is 4.99 Å². The number of halogens is 1. The molecule has 44 heavy (non-hydrogen) atoms. The predicted molar refractivity (Wildman–Crippen MR) is 168 cm³/mol. The summed E-state index contributed by atoms with van der Waals surface area (Å²) >= 11 is 1.22. The predicted octanol–water partition coefficient (Wildman–Crippen LogP) is 5.68. The zero-order valence-electron chi connectivity index (χ0n) is 24.4. The highest BCUT2D eigenvalue weighted by Crippen LogP contribution is 2.40. The molecular weight excluding hydrogens is 579 g/mol. The van der Waals surface area contributed by atoms with Crippen molar-refractivity contribution in [3.8, 4) is 11.5 Å². The smallest absolute Gasteiger partial charge is 0.338 e. The van der Waals surface area contributed by atoms with Gasteiger partial charge in [-0.3, -0.25) is 9.36 Å². The van der Waals surface area contributed by atoms with Gasteiger partial charge in [0, 0.05) is 16.7 Å². The van der Waals surface area contributed by atoms with Crippen molar-refractivity contribution in [3.05, 3.63) is 138 Å². The van der Waals surface area contributed by atoms with Gasteiger partial charge in [-0.15, -0.1) is 0 Å². The minimum atomic E-state index is -0.846. The van der Waals surface area contributed by atoms with E-state index >= 15 is 0 Å². The van der Waals surface area contributed by atoms with Crippen molar-refractivity contribution in [1.29, 1.82) is 0 Å². The van der Waals surface area contributed by atoms with Crippen molar-refractivity contribution >= 4 is 34.2 Å². The molecule has 222 valence electrons. The highest BCUT2D eigenvalue weighted by Gasteiger charge is 2.36. The quantitative estimate of drug-likeness (QED) is 0.212. The zero-order valence-corrected chi connectivity index (χ0v) is 25.2. The van der Waals surface area contributed by atoms with Crippen LogP contribution in [0, 0.1) is 5.82 Å². The number of esters is 1. The monoisotopic (exact) mass is 608 g/mol. The number of methoxy groups -OCH3 is 1. The van der Waals surface area contributed by atoms with Gasteiger partial charge in [-0.1, -0.05) is 78.1 Å². The van der Waals surface area contributed by atoms with Crippen LogP contribution in [0.3, 0.4) is 0 Å². The second-order valence-corrected chi connectivity index (χ2v) is 11.1. The minimum Gasteiger partial charge on any atom is -0.496 e. The maximum atomic E-state index is 14.3. The van der Waals surface area contributed by atoms with E-state index in [2.05, 4.69) is 0 Å². The van der Waals surface area contributed by atoms with Crippen LogP contribution in [0.4, 0.5) is 4.39 Å². The molecule has 2 heterocycles. The largest absolute Gasteiger partial charge is 0.496 e. The summed E-state index contributed by atoms with van der Waals surface area (Å²) < 4.78 is 33.4. The van der Waals surface area contributed by atoms with Gasteiger partial charge >= 0.3 is 5.97 Å². The SMILES string of the molecule is CCOC(=O)C1=C(C)N=c2sc(=Cc3ccccc3OCc3ccccc3F)c(=O)n2[C@@H]1c1c(OC)ccc2ccccc12. The molecule has 0 amide bonds. The third-order valence-corrected chi connectivity index (χ3v) is 8.47. The maximum Gasteiger partial charge on any atom is 0.338 e. The number of fused-ring (bicyclic) bond motifs is 2. The van der Waals surface area contributed by atoms with Gasteiger partial charge in [0.05, 0.1) is 29.5 Å². The van der Waals surface area contributed by atoms with Gasteiger partial charge in [0.1, 0.15) is 30.0 Å². The number of para-hydroxylation sites is 1. The summed E-state index contributed by atoms with van der Waals surface area (Å²) in [4.78, 5) is 32.9. The lowest BCUT2D eigenvalue weighted by atomic mass is 9.90. The summed E-state index contributed by atoms with van der Waals surface area (Å²) in [5.74, 6) is 0.133. The highest BCUT2D eigenvalue weighted by molar-refractivity contribution is 7.07. The van der Waals surface area contributed by atoms with Crippen LogP contribution in [0.1, 0.15) is 36.6 Å². The van der Waals surface area contributed by atoms with E-state index in [1.54, 1.807) is 55.9 Å². The van der Waals surface area contributed by atoms with Crippen molar-refractivity contribution in [2.45, 2.75) is 26.5 Å². The number of carbonyl (C=O) groups excluding carboxylic acids is 1. The molecule has 0 bridgehead atoms. The lowest BCUT2D eigenvalue weighted by molar-refractivity contribution is -0.139. The number of thiazole rings is 1. The topological polar surface area (TPSA) is 79.1 Å². The minimum absolute atomic E-state index is 0.0295. The Labute approximate surface area is 256 Å². The van der Waals surface area contributed by atoms with Crippen molar-refractivity contribution < 1.29 is 23.4 Å². The van der Waals surface area contributed by atoms with E-state index in [0.29, 0.717) is 43.2 Å². The summed E-state index contributed by atoms with van der Waals surface area (Å²) in [5, 5.41) is 1.78. The van der Waals surface area contributed by atoms with Gasteiger partial charge in [-0.25, -0.2) is 14.2 Å². The number of carbonyl (C=O) groups is 1. The van der Waals surface area contributed by atoms with Crippen LogP contribution in [-0.4, -0.2) is 24.3 Å². The first-order valence-electron chi connectivity index (χ1n) is 14.1. The van der Waals surface area contributed by atoms with Gasteiger partial charge in [0.2, 0.25) is 0 Å². The molecule has 1 aliphatic rings. The molecule has 0 spiro atoms. The highest BCUT2D eigenvalue weighted by atomic mass is 32.1. The molecular formula is C35H29FN2O5S. The van der Waals surface area contributed by atoms with Crippen LogP contribution in [-0.2, 0) is 16.1 Å². The lowest BCUT2D eigenvalue weighted by Crippen LogP contribution is -2.40. The summed E-state index contributed by atoms with van der Waals surface area (Å²) in [6.45, 7) is 3.69. The molecule has 1 aromatic heterocycles. The average molecular weight is 609 g/mol. The molecule has 0 N–H and O–H groups in total. The molecule has 0 radical (unpaired) electrons. The molecule has 7 nitrogen and oxygen atoms in total. The van der Waals surface area contributed by atoms with E-state index in [1.165, 1.54) is 17.4 Å². The molecule has 0 aliphatic carbocycles. The first-order valence-corrected chi connectivity index (χ1v) is 14.9. The molecule has 0 saturated heterocycles. The second-order valence-electron chi connectivity index (χ2n) is 10.1. The third-order valence-electron chi connectivity index (χ3n) is 7.49. The number of allylic oxidation sites excluding steroid dienone is 1. The van der Waals surface area contributed by atoms with Crippen LogP contribution >= 0.6 is 11.3 Å². The van der Waals surface area contributed by atoms with E-state index in [4.69, 9.17) is 19.2 Å². The third kappa shape index (κ3) is 5.31. The summed E-state index contributed by atoms with van der Waals surface area (Å²) in [7, 11) is 1.57. The Bertz CT molecular complexity index is 2110. The van der Waals surface area contributed by atoms with E-state index in [-0.39, 0.29) is 30.2 Å². The number of rotatable bonds is 8. The molecule has 0 fully saturated rings. The molecule has 4 aromatic carbocycles. The number of hydrogen-bond acceptors (Lipinski definition) is 7. The van der Waals surface area contributed by atoms with Crippen LogP contribution < -0.4 is 24.4 Å². The molecule has 1 atom stereocenters. The van der Waals surface area contributed by atoms with Crippen molar-refractivity contribution in [3.63, 3.8) is 0 Å². The van der Waals surface area contributed by atoms with Crippen LogP contribution in [0.15, 0.2) is 106 Å². The fourth-order valence-corrected chi connectivity index (χ4v) is 6.48. The number of nitrogens with zero attached hydrogens (tertiary/aromatic N) is 2. The molecule has 9 heteroatoms. The van der Waals surface area contributed by atoms with Gasteiger partial charge in [-0.2, -0.15) is 0 Å². The zero-order chi connectivity index (χ0) is 30.8. The summed E-state index contributed by atoms with van der Waals surface area (Å²) in [6, 6.07) is 24.4. The van der Waals surface area contributed by atoms with E-state index in [9.17, 15) is 14.0 Å². The first kappa shape index (κ1) is 29.1. The molecule has 0 saturated carbocycles. The number of ether oxygens (including phenoxy) is 3. The number of aromatic nitrogens is 1. The van der Waals surface area contributed by atoms with E-state index in [0.717, 1.165) is 10.8 Å². The maximum absolute atomic E-state index is 14.3. The molecule has 1 aliphatic heterocycles. The Kier molecular flexibility index (Phi) is 8.13. The van der Waals surface area contributed by atoms with Crippen LogP contribution in [0.2, 0.25) is 0 Å². The van der Waals surface area contributed by atoms with Crippen molar-refractivity contribution in [1.82, 2.24) is 4.57 Å². The van der Waals surface area contributed by atoms with Crippen molar-refractivity contribution in [2.75, 3.05) is 13.7 Å². The fourth-order valence-electron chi connectivity index (χ4n) is 5.44. The molecule has 0 unspecified atom stereocenters. The Hall–Kier alpha value is -5.02. The first-order chi connectivity index (χ1) is 21.4. The molecule has 6 rings (SSSR count). The van der Waals surface area contributed by atoms with Crippen LogP contribution in [0.5, 0.6) is 11.5 Å². The number of hydrogen-bond donors (Lipinski definition) is 0. The van der Waals surface area contributed by atoms with E-state index < -0.39 is 12.0 Å². The van der Waals surface area contributed by atoms with Gasteiger partial charge < -0.3 is 14.2 Å².